The van der Waals surface area contributed by atoms with Gasteiger partial charge in [0, 0.05) is 9.75 Å². The molecule has 0 N–H and O–H groups in total. The normalized spacial score (nSPS) is 19.2. The fourth-order valence-electron chi connectivity index (χ4n) is 4.48. The fourth-order valence-corrected chi connectivity index (χ4v) is 5.86. The highest BCUT2D eigenvalue weighted by Crippen LogP contribution is 2.50. The zero-order valence-electron chi connectivity index (χ0n) is 18.0. The first-order valence-corrected chi connectivity index (χ1v) is 11.5. The molecule has 1 fully saturated rings. The van der Waals surface area contributed by atoms with Crippen molar-refractivity contribution < 1.29 is 19.2 Å². The number of urea groups is 1. The van der Waals surface area contributed by atoms with Crippen molar-refractivity contribution in [2.45, 2.75) is 32.0 Å². The second-order valence-electron chi connectivity index (χ2n) is 7.90. The molecule has 7 heteroatoms. The van der Waals surface area contributed by atoms with E-state index in [4.69, 9.17) is 9.57 Å². The summed E-state index contributed by atoms with van der Waals surface area (Å²) in [5.74, 6) is -0.430. The first kappa shape index (κ1) is 20.7. The molecular weight excluding hydrogens is 424 g/mol. The second kappa shape index (κ2) is 8.41. The van der Waals surface area contributed by atoms with Gasteiger partial charge in [-0.25, -0.2) is 9.59 Å². The van der Waals surface area contributed by atoms with Crippen LogP contribution in [0.3, 0.4) is 0 Å². The van der Waals surface area contributed by atoms with Crippen molar-refractivity contribution in [2.24, 2.45) is 0 Å². The summed E-state index contributed by atoms with van der Waals surface area (Å²) < 4.78 is 5.08. The number of esters is 1. The van der Waals surface area contributed by atoms with Crippen LogP contribution in [0.4, 0.5) is 4.79 Å². The molecular formula is C25H24N2O4S. The van der Waals surface area contributed by atoms with Crippen LogP contribution in [0.2, 0.25) is 0 Å². The molecule has 3 heterocycles. The fraction of sp³-hybridized carbons (Fsp3) is 0.280. The van der Waals surface area contributed by atoms with Crippen LogP contribution in [0.1, 0.15) is 40.6 Å². The molecule has 0 saturated carbocycles. The van der Waals surface area contributed by atoms with E-state index in [9.17, 15) is 9.59 Å². The number of hydroxylamine groups is 2. The van der Waals surface area contributed by atoms with E-state index < -0.39 is 12.0 Å². The number of carbonyl (C=O) groups excluding carboxylic acids is 2. The van der Waals surface area contributed by atoms with Crippen molar-refractivity contribution in [3.63, 3.8) is 0 Å². The number of nitrogens with zero attached hydrogens (tertiary/aromatic N) is 2. The predicted molar refractivity (Wildman–Crippen MR) is 122 cm³/mol. The largest absolute Gasteiger partial charge is 0.467 e. The molecule has 32 heavy (non-hydrogen) atoms. The summed E-state index contributed by atoms with van der Waals surface area (Å²) in [7, 11) is 1.36. The van der Waals surface area contributed by atoms with E-state index in [1.807, 2.05) is 42.5 Å². The van der Waals surface area contributed by atoms with Gasteiger partial charge in [0.25, 0.3) is 0 Å². The molecule has 1 saturated heterocycles. The highest BCUT2D eigenvalue weighted by molar-refractivity contribution is 7.16. The SMILES string of the molecule is CCc1ccccc1-c1cc2c(s1)[C@@H](C(=O)OC)N1C[C@@H]2N(OCc2ccccc2)C1=O. The molecule has 0 unspecified atom stereocenters. The van der Waals surface area contributed by atoms with E-state index in [1.165, 1.54) is 17.7 Å². The van der Waals surface area contributed by atoms with Crippen LogP contribution in [-0.4, -0.2) is 35.6 Å². The lowest BCUT2D eigenvalue weighted by Gasteiger charge is -2.28. The van der Waals surface area contributed by atoms with Crippen LogP contribution < -0.4 is 0 Å². The van der Waals surface area contributed by atoms with Gasteiger partial charge in [0.15, 0.2) is 6.04 Å². The maximum absolute atomic E-state index is 13.2. The third kappa shape index (κ3) is 3.38. The summed E-state index contributed by atoms with van der Waals surface area (Å²) >= 11 is 1.56. The molecule has 2 aliphatic heterocycles. The molecule has 3 aromatic rings. The molecule has 1 aromatic heterocycles. The Bertz CT molecular complexity index is 1160. The Morgan fingerprint density at radius 3 is 2.62 bits per heavy atom. The van der Waals surface area contributed by atoms with Crippen molar-refractivity contribution >= 4 is 23.3 Å². The number of thiophene rings is 1. The minimum absolute atomic E-state index is 0.263. The molecule has 164 valence electrons. The molecule has 2 aliphatic rings. The number of fused-ring (bicyclic) bond motifs is 4. The molecule has 0 radical (unpaired) electrons. The number of hydrogen-bond donors (Lipinski definition) is 0. The van der Waals surface area contributed by atoms with Gasteiger partial charge in [0.05, 0.1) is 13.7 Å². The Morgan fingerprint density at radius 2 is 1.88 bits per heavy atom. The van der Waals surface area contributed by atoms with Crippen molar-refractivity contribution in [2.75, 3.05) is 13.7 Å². The maximum atomic E-state index is 13.2. The van der Waals surface area contributed by atoms with Crippen molar-refractivity contribution in [3.05, 3.63) is 82.2 Å². The topological polar surface area (TPSA) is 59.1 Å². The second-order valence-corrected chi connectivity index (χ2v) is 8.99. The highest BCUT2D eigenvalue weighted by Gasteiger charge is 2.52. The lowest BCUT2D eigenvalue weighted by molar-refractivity contribution is -0.146. The van der Waals surface area contributed by atoms with Gasteiger partial charge in [0.1, 0.15) is 12.6 Å². The third-order valence-electron chi connectivity index (χ3n) is 6.10. The van der Waals surface area contributed by atoms with Crippen LogP contribution in [0.25, 0.3) is 10.4 Å². The number of amides is 2. The summed E-state index contributed by atoms with van der Waals surface area (Å²) in [6.07, 6.45) is 0.916. The molecule has 6 nitrogen and oxygen atoms in total. The third-order valence-corrected chi connectivity index (χ3v) is 7.33. The first-order valence-electron chi connectivity index (χ1n) is 10.7. The van der Waals surface area contributed by atoms with Crippen LogP contribution in [0.5, 0.6) is 0 Å². The average Bonchev–Trinajstić information content (AvgIpc) is 3.39. The van der Waals surface area contributed by atoms with E-state index in [0.717, 1.165) is 32.9 Å². The number of ether oxygens (including phenoxy) is 1. The molecule has 0 aliphatic carbocycles. The van der Waals surface area contributed by atoms with Gasteiger partial charge in [-0.15, -0.1) is 11.3 Å². The van der Waals surface area contributed by atoms with Crippen molar-refractivity contribution in [3.8, 4) is 10.4 Å². The summed E-state index contributed by atoms with van der Waals surface area (Å²) in [5.41, 5.74) is 4.34. The first-order chi connectivity index (χ1) is 15.6. The Hall–Kier alpha value is -3.16. The minimum atomic E-state index is -0.753. The molecule has 2 atom stereocenters. The van der Waals surface area contributed by atoms with Crippen molar-refractivity contribution in [1.82, 2.24) is 9.96 Å². The van der Waals surface area contributed by atoms with Gasteiger partial charge >= 0.3 is 12.0 Å². The summed E-state index contributed by atoms with van der Waals surface area (Å²) in [5, 5.41) is 1.43. The Balaban J connectivity index is 1.54. The maximum Gasteiger partial charge on any atom is 0.345 e. The Kier molecular flexibility index (Phi) is 5.45. The number of benzene rings is 2. The van der Waals surface area contributed by atoms with Gasteiger partial charge in [0.2, 0.25) is 0 Å². The van der Waals surface area contributed by atoms with Crippen LogP contribution in [0.15, 0.2) is 60.7 Å². The molecule has 0 spiro atoms. The number of aryl methyl sites for hydroxylation is 1. The smallest absolute Gasteiger partial charge is 0.345 e. The molecule has 5 rings (SSSR count). The zero-order chi connectivity index (χ0) is 22.2. The van der Waals surface area contributed by atoms with E-state index in [1.54, 1.807) is 16.2 Å². The molecule has 2 bridgehead atoms. The number of hydrogen-bond acceptors (Lipinski definition) is 5. The van der Waals surface area contributed by atoms with E-state index in [2.05, 4.69) is 25.1 Å². The zero-order valence-corrected chi connectivity index (χ0v) is 18.8. The Morgan fingerprint density at radius 1 is 1.12 bits per heavy atom. The van der Waals surface area contributed by atoms with Gasteiger partial charge in [-0.3, -0.25) is 4.84 Å². The Labute approximate surface area is 190 Å². The summed E-state index contributed by atoms with van der Waals surface area (Å²) in [4.78, 5) is 35.4. The standard InChI is InChI=1S/C25H24N2O4S/c1-3-17-11-7-8-12-18(17)21-13-19-20-14-26(22(23(19)32-21)24(28)30-2)25(29)27(20)31-15-16-9-5-4-6-10-16/h4-13,20,22H,3,14-15H2,1-2H3/t20-,22-/m0/s1. The lowest BCUT2D eigenvalue weighted by atomic mass is 9.97. The van der Waals surface area contributed by atoms with Crippen LogP contribution in [-0.2, 0) is 27.4 Å². The minimum Gasteiger partial charge on any atom is -0.467 e. The molecule has 2 aromatic carbocycles. The van der Waals surface area contributed by atoms with Crippen LogP contribution in [0, 0.1) is 0 Å². The highest BCUT2D eigenvalue weighted by atomic mass is 32.1. The lowest BCUT2D eigenvalue weighted by Crippen LogP contribution is -2.38. The molecule has 2 amide bonds. The monoisotopic (exact) mass is 448 g/mol. The van der Waals surface area contributed by atoms with Crippen LogP contribution >= 0.6 is 11.3 Å². The predicted octanol–water partition coefficient (Wildman–Crippen LogP) is 5.12. The van der Waals surface area contributed by atoms with Gasteiger partial charge in [-0.1, -0.05) is 61.5 Å². The quantitative estimate of drug-likeness (QED) is 0.492. The van der Waals surface area contributed by atoms with Crippen molar-refractivity contribution in [1.29, 1.82) is 0 Å². The van der Waals surface area contributed by atoms with Gasteiger partial charge in [-0.2, -0.15) is 5.06 Å². The van der Waals surface area contributed by atoms with E-state index in [-0.39, 0.29) is 18.7 Å². The average molecular weight is 449 g/mol. The van der Waals surface area contributed by atoms with E-state index >= 15 is 0 Å². The van der Waals surface area contributed by atoms with Gasteiger partial charge in [-0.05, 0) is 34.7 Å². The number of rotatable bonds is 6. The summed E-state index contributed by atoms with van der Waals surface area (Å²) in [6.45, 7) is 2.81. The number of methoxy groups -OCH3 is 1. The summed E-state index contributed by atoms with van der Waals surface area (Å²) in [6, 6.07) is 18.8. The van der Waals surface area contributed by atoms with Gasteiger partial charge < -0.3 is 9.64 Å². The van der Waals surface area contributed by atoms with E-state index in [0.29, 0.717) is 6.54 Å². The number of carbonyl (C=O) groups is 2.